The predicted molar refractivity (Wildman–Crippen MR) is 98.4 cm³/mol. The van der Waals surface area contributed by atoms with Crippen LogP contribution in [0.3, 0.4) is 0 Å². The van der Waals surface area contributed by atoms with Gasteiger partial charge in [-0.25, -0.2) is 4.79 Å². The highest BCUT2D eigenvalue weighted by Crippen LogP contribution is 2.36. The molecule has 29 heavy (non-hydrogen) atoms. The van der Waals surface area contributed by atoms with E-state index < -0.39 is 12.1 Å². The lowest BCUT2D eigenvalue weighted by molar-refractivity contribution is -0.192. The van der Waals surface area contributed by atoms with Crippen LogP contribution in [0.4, 0.5) is 18.9 Å². The van der Waals surface area contributed by atoms with Crippen molar-refractivity contribution >= 4 is 17.6 Å². The van der Waals surface area contributed by atoms with Gasteiger partial charge in [-0.15, -0.1) is 0 Å². The zero-order chi connectivity index (χ0) is 21.4. The van der Waals surface area contributed by atoms with Gasteiger partial charge in [-0.1, -0.05) is 0 Å². The number of carboxylic acids is 1. The van der Waals surface area contributed by atoms with Crippen LogP contribution in [0.2, 0.25) is 0 Å². The van der Waals surface area contributed by atoms with E-state index in [1.165, 1.54) is 19.4 Å². The van der Waals surface area contributed by atoms with Crippen LogP contribution in [0.1, 0.15) is 19.3 Å². The van der Waals surface area contributed by atoms with E-state index in [1.54, 1.807) is 10.9 Å². The number of anilines is 1. The lowest BCUT2D eigenvalue weighted by Crippen LogP contribution is -2.64. The first-order chi connectivity index (χ1) is 13.5. The van der Waals surface area contributed by atoms with E-state index in [4.69, 9.17) is 9.90 Å². The minimum atomic E-state index is -5.08. The molecule has 4 rings (SSSR count). The van der Waals surface area contributed by atoms with E-state index in [9.17, 15) is 18.0 Å². The Bertz CT molecular complexity index is 764. The highest BCUT2D eigenvalue weighted by molar-refractivity contribution is 5.95. The summed E-state index contributed by atoms with van der Waals surface area (Å²) in [5.74, 6) is -1.64. The fraction of sp³-hybridized carbons (Fsp3) is 0.722. The Morgan fingerprint density at radius 1 is 1.31 bits per heavy atom. The summed E-state index contributed by atoms with van der Waals surface area (Å²) in [7, 11) is 4.01. The number of rotatable bonds is 3. The number of aliphatic carboxylic acids is 1. The molecule has 1 aromatic heterocycles. The molecule has 1 saturated carbocycles. The SMILES string of the molecule is CN1CC(=O)N(c2cnn(C)c2)CC12CCN(CC1CC1)C2.O=C(O)C(F)(F)F. The Balaban J connectivity index is 0.000000298. The normalized spacial score (nSPS) is 26.0. The van der Waals surface area contributed by atoms with Crippen molar-refractivity contribution in [2.45, 2.75) is 31.0 Å². The predicted octanol–water partition coefficient (Wildman–Crippen LogP) is 1.19. The topological polar surface area (TPSA) is 81.9 Å². The van der Waals surface area contributed by atoms with E-state index in [0.29, 0.717) is 6.54 Å². The van der Waals surface area contributed by atoms with Crippen LogP contribution in [-0.4, -0.2) is 88.0 Å². The number of carbonyl (C=O) groups excluding carboxylic acids is 1. The molecule has 2 aliphatic heterocycles. The molecule has 1 atom stereocenters. The number of carboxylic acid groups (broad SMARTS) is 1. The third-order valence-corrected chi connectivity index (χ3v) is 5.81. The number of likely N-dealkylation sites (tertiary alicyclic amines) is 1. The number of halogens is 3. The Morgan fingerprint density at radius 3 is 2.48 bits per heavy atom. The first kappa shape index (κ1) is 21.6. The van der Waals surface area contributed by atoms with Crippen LogP contribution in [0.5, 0.6) is 0 Å². The van der Waals surface area contributed by atoms with Crippen molar-refractivity contribution in [3.63, 3.8) is 0 Å². The number of amides is 1. The highest BCUT2D eigenvalue weighted by atomic mass is 19.4. The van der Waals surface area contributed by atoms with E-state index in [-0.39, 0.29) is 11.4 Å². The fourth-order valence-corrected chi connectivity index (χ4v) is 3.94. The first-order valence-corrected chi connectivity index (χ1v) is 9.53. The lowest BCUT2D eigenvalue weighted by atomic mass is 9.93. The molecule has 1 N–H and O–H groups in total. The molecule has 0 radical (unpaired) electrons. The molecule has 162 valence electrons. The number of piperazine rings is 1. The zero-order valence-electron chi connectivity index (χ0n) is 16.5. The molecular weight excluding hydrogens is 391 g/mol. The van der Waals surface area contributed by atoms with Crippen molar-refractivity contribution in [2.75, 3.05) is 44.7 Å². The van der Waals surface area contributed by atoms with Crippen LogP contribution < -0.4 is 4.90 Å². The number of nitrogens with zero attached hydrogens (tertiary/aromatic N) is 5. The van der Waals surface area contributed by atoms with Gasteiger partial charge in [0.1, 0.15) is 0 Å². The number of likely N-dealkylation sites (N-methyl/N-ethyl adjacent to an activating group) is 1. The van der Waals surface area contributed by atoms with Gasteiger partial charge in [0.05, 0.1) is 24.0 Å². The maximum atomic E-state index is 12.5. The molecule has 0 aromatic carbocycles. The summed E-state index contributed by atoms with van der Waals surface area (Å²) in [6.07, 6.45) is 2.61. The molecule has 3 fully saturated rings. The minimum Gasteiger partial charge on any atom is -0.475 e. The molecule has 1 amide bonds. The summed E-state index contributed by atoms with van der Waals surface area (Å²) in [6.45, 7) is 4.79. The quantitative estimate of drug-likeness (QED) is 0.796. The first-order valence-electron chi connectivity index (χ1n) is 9.53. The Labute approximate surface area is 166 Å². The molecule has 3 heterocycles. The van der Waals surface area contributed by atoms with Gasteiger partial charge >= 0.3 is 12.1 Å². The van der Waals surface area contributed by atoms with Crippen LogP contribution in [0, 0.1) is 5.92 Å². The number of hydrogen-bond acceptors (Lipinski definition) is 5. The maximum absolute atomic E-state index is 12.5. The van der Waals surface area contributed by atoms with Crippen LogP contribution in [-0.2, 0) is 16.6 Å². The van der Waals surface area contributed by atoms with Gasteiger partial charge in [-0.2, -0.15) is 18.3 Å². The van der Waals surface area contributed by atoms with Gasteiger partial charge in [-0.3, -0.25) is 14.4 Å². The van der Waals surface area contributed by atoms with Gasteiger partial charge in [0.2, 0.25) is 5.91 Å². The molecule has 2 saturated heterocycles. The van der Waals surface area contributed by atoms with E-state index in [0.717, 1.165) is 37.7 Å². The minimum absolute atomic E-state index is 0.110. The molecule has 11 heteroatoms. The summed E-state index contributed by atoms with van der Waals surface area (Å²) in [6, 6.07) is 0. The van der Waals surface area contributed by atoms with Gasteiger partial charge in [-0.05, 0) is 32.2 Å². The van der Waals surface area contributed by atoms with E-state index in [2.05, 4.69) is 21.9 Å². The van der Waals surface area contributed by atoms with Crippen LogP contribution in [0.15, 0.2) is 12.4 Å². The van der Waals surface area contributed by atoms with Gasteiger partial charge in [0.25, 0.3) is 0 Å². The average Bonchev–Trinajstić information content (AvgIpc) is 3.17. The number of aryl methyl sites for hydroxylation is 1. The van der Waals surface area contributed by atoms with Crippen molar-refractivity contribution in [1.29, 1.82) is 0 Å². The second-order valence-electron chi connectivity index (χ2n) is 8.16. The summed E-state index contributed by atoms with van der Waals surface area (Å²) in [5.41, 5.74) is 1.04. The zero-order valence-corrected chi connectivity index (χ0v) is 16.5. The number of carbonyl (C=O) groups is 2. The fourth-order valence-electron chi connectivity index (χ4n) is 3.94. The third-order valence-electron chi connectivity index (χ3n) is 5.81. The number of aromatic nitrogens is 2. The molecule has 1 unspecified atom stereocenters. The van der Waals surface area contributed by atoms with Crippen LogP contribution in [0.25, 0.3) is 0 Å². The Morgan fingerprint density at radius 2 is 1.97 bits per heavy atom. The second kappa shape index (κ2) is 7.94. The van der Waals surface area contributed by atoms with Gasteiger partial charge < -0.3 is 14.9 Å². The summed E-state index contributed by atoms with van der Waals surface area (Å²) >= 11 is 0. The standard InChI is InChI=1S/C16H25N5O.C2HF3O2/c1-18-10-15(22)21(14-7-17-19(2)9-14)12-16(18)5-6-20(11-16)8-13-3-4-13;3-2(4,5)1(6)7/h7,9,13H,3-6,8,10-12H2,1-2H3;(H,6,7). The Hall–Kier alpha value is -2.14. The summed E-state index contributed by atoms with van der Waals surface area (Å²) < 4.78 is 33.5. The number of hydrogen-bond donors (Lipinski definition) is 1. The van der Waals surface area contributed by atoms with Gasteiger partial charge in [0.15, 0.2) is 0 Å². The highest BCUT2D eigenvalue weighted by Gasteiger charge is 2.48. The van der Waals surface area contributed by atoms with Gasteiger partial charge in [0, 0.05) is 39.4 Å². The maximum Gasteiger partial charge on any atom is 0.490 e. The van der Waals surface area contributed by atoms with Crippen molar-refractivity contribution in [3.8, 4) is 0 Å². The molecule has 3 aliphatic rings. The second-order valence-corrected chi connectivity index (χ2v) is 8.16. The molecule has 1 aliphatic carbocycles. The number of alkyl halides is 3. The van der Waals surface area contributed by atoms with Crippen molar-refractivity contribution < 1.29 is 27.9 Å². The average molecular weight is 417 g/mol. The summed E-state index contributed by atoms with van der Waals surface area (Å²) in [4.78, 5) is 28.2. The molecule has 8 nitrogen and oxygen atoms in total. The van der Waals surface area contributed by atoms with E-state index >= 15 is 0 Å². The van der Waals surface area contributed by atoms with Crippen molar-refractivity contribution in [3.05, 3.63) is 12.4 Å². The summed E-state index contributed by atoms with van der Waals surface area (Å²) in [5, 5.41) is 11.3. The monoisotopic (exact) mass is 417 g/mol. The third kappa shape index (κ3) is 5.08. The van der Waals surface area contributed by atoms with E-state index in [1.807, 2.05) is 18.1 Å². The van der Waals surface area contributed by atoms with Crippen LogP contribution >= 0.6 is 0 Å². The smallest absolute Gasteiger partial charge is 0.475 e. The molecular formula is C18H26F3N5O3. The molecule has 0 bridgehead atoms. The molecule has 1 aromatic rings. The van der Waals surface area contributed by atoms with Crippen molar-refractivity contribution in [1.82, 2.24) is 19.6 Å². The largest absolute Gasteiger partial charge is 0.490 e. The molecule has 1 spiro atoms. The Kier molecular flexibility index (Phi) is 5.91. The lowest BCUT2D eigenvalue weighted by Gasteiger charge is -2.46. The van der Waals surface area contributed by atoms with Crippen molar-refractivity contribution in [2.24, 2.45) is 13.0 Å².